The lowest BCUT2D eigenvalue weighted by molar-refractivity contribution is -0.132. The van der Waals surface area contributed by atoms with Gasteiger partial charge in [-0.3, -0.25) is 29.4 Å². The molecule has 0 unspecified atom stereocenters. The number of nitrogens with zero attached hydrogens (tertiary/aromatic N) is 12. The zero-order valence-electron chi connectivity index (χ0n) is 59.9. The molecule has 16 rings (SSSR count). The predicted octanol–water partition coefficient (Wildman–Crippen LogP) is 17.9. The summed E-state index contributed by atoms with van der Waals surface area (Å²) in [5, 5.41) is 46.8. The van der Waals surface area contributed by atoms with Gasteiger partial charge in [-0.1, -0.05) is 350 Å². The lowest BCUT2D eigenvalue weighted by Gasteiger charge is -2.36. The van der Waals surface area contributed by atoms with Crippen LogP contribution in [0.1, 0.15) is 163 Å². The third-order valence-corrected chi connectivity index (χ3v) is 21.7. The third-order valence-electron chi connectivity index (χ3n) is 21.2. The van der Waals surface area contributed by atoms with Crippen molar-refractivity contribution < 1.29 is 19.6 Å². The average molecular weight is 1500 g/mol. The standard InChI is InChI=1S/C44H42N6O.C26H21BN4O2.C18H23BrN2O.2CH4/c1-2-3-25-40-45-43(30-15-16-31-43)42(51)49(40)32-33-26-28-34(29-27-33)38-23-13-14-24-39(38)41-46-47-48-50(41)44(35-17-7-4-8-18-35,36-19-9-5-10-20-36)37-21-11-6-12-22-37;32-27(33)24-19-11-10-18-23(24)25-28-29-30-31(25)26(20-12-4-1-5-13-20,21-14-6-2-7-15-21)22-16-8-3-9-17-22;1-2-3-6-16-20-18(11-4-5-12-18)17(22)21(16)13-14-7-9-15(19)10-8-14;;/h4-14,17-24,26-29H,2-3,15-16,25,30-32H2,1H3;1-19,32-33H;7-10H,2-6,11-13H2,1H3;2*1H4. The van der Waals surface area contributed by atoms with Gasteiger partial charge in [0.25, 0.3) is 11.8 Å². The van der Waals surface area contributed by atoms with E-state index in [1.807, 2.05) is 112 Å². The minimum atomic E-state index is -1.66. The van der Waals surface area contributed by atoms with Crippen molar-refractivity contribution in [3.63, 3.8) is 0 Å². The number of hydrogen-bond donors (Lipinski definition) is 2. The van der Waals surface area contributed by atoms with E-state index in [9.17, 15) is 19.6 Å². The molecule has 2 N–H and O–H groups in total. The number of amides is 2. The number of tetrazole rings is 2. The van der Waals surface area contributed by atoms with Gasteiger partial charge in [0.05, 0.1) is 13.1 Å². The minimum absolute atomic E-state index is 0. The van der Waals surface area contributed by atoms with Crippen molar-refractivity contribution in [3.8, 4) is 33.9 Å². The van der Waals surface area contributed by atoms with Crippen molar-refractivity contribution in [2.45, 2.75) is 154 Å². The molecule has 2 aliphatic carbocycles. The van der Waals surface area contributed by atoms with Crippen molar-refractivity contribution in [1.29, 1.82) is 0 Å². The van der Waals surface area contributed by atoms with E-state index in [1.54, 1.807) is 22.9 Å². The number of carbonyl (C=O) groups is 2. The summed E-state index contributed by atoms with van der Waals surface area (Å²) in [7, 11) is -1.66. The summed E-state index contributed by atoms with van der Waals surface area (Å²) in [4.78, 5) is 40.7. The Labute approximate surface area is 643 Å². The number of carbonyl (C=O) groups excluding carboxylic acids is 2. The monoisotopic (exact) mass is 1500 g/mol. The molecule has 0 radical (unpaired) electrons. The molecule has 0 bridgehead atoms. The Bertz CT molecular complexity index is 4780. The van der Waals surface area contributed by atoms with E-state index in [0.717, 1.165) is 167 Å². The fraction of sp³-hybridized carbons (Fsp3) is 0.267. The van der Waals surface area contributed by atoms with Gasteiger partial charge in [0.15, 0.2) is 11.6 Å². The SMILES string of the molecule is C.C.CCCCC1=NC2(CCCC2)C(=O)N1Cc1ccc(-c2ccccc2-c2nnnn2C(c2ccccc2)(c2ccccc2)c2ccccc2)cc1.CCCCC1=NC2(CCCC2)C(=O)N1Cc1ccc(Br)cc1.OB(O)c1ccccc1-c1nnnn1C(c1ccccc1)(c1ccccc1)c1ccccc1. The molecule has 0 atom stereocenters. The number of rotatable bonds is 22. The van der Waals surface area contributed by atoms with Gasteiger partial charge in [0.2, 0.25) is 0 Å². The summed E-state index contributed by atoms with van der Waals surface area (Å²) in [6.45, 7) is 5.56. The van der Waals surface area contributed by atoms with Crippen molar-refractivity contribution in [3.05, 3.63) is 328 Å². The number of amidine groups is 2. The molecule has 548 valence electrons. The van der Waals surface area contributed by atoms with E-state index in [1.165, 1.54) is 0 Å². The van der Waals surface area contributed by atoms with Gasteiger partial charge < -0.3 is 10.0 Å². The van der Waals surface area contributed by atoms with Crippen LogP contribution in [0.4, 0.5) is 0 Å². The van der Waals surface area contributed by atoms with Crippen LogP contribution in [-0.2, 0) is 33.8 Å². The van der Waals surface area contributed by atoms with Crippen molar-refractivity contribution in [2.24, 2.45) is 9.98 Å². The van der Waals surface area contributed by atoms with Crippen LogP contribution in [0.3, 0.4) is 0 Å². The second kappa shape index (κ2) is 34.8. The van der Waals surface area contributed by atoms with E-state index in [2.05, 4.69) is 214 Å². The predicted molar refractivity (Wildman–Crippen MR) is 436 cm³/mol. The maximum atomic E-state index is 13.8. The van der Waals surface area contributed by atoms with Gasteiger partial charge in [-0.15, -0.1) is 10.2 Å². The number of unbranched alkanes of at least 4 members (excludes halogenated alkanes) is 2. The zero-order valence-corrected chi connectivity index (χ0v) is 61.5. The van der Waals surface area contributed by atoms with Crippen molar-refractivity contribution in [2.75, 3.05) is 0 Å². The Kier molecular flexibility index (Phi) is 24.7. The maximum Gasteiger partial charge on any atom is 0.489 e. The van der Waals surface area contributed by atoms with Gasteiger partial charge in [-0.2, -0.15) is 0 Å². The summed E-state index contributed by atoms with van der Waals surface area (Å²) in [6.07, 6.45) is 14.1. The van der Waals surface area contributed by atoms with Crippen LogP contribution < -0.4 is 5.46 Å². The average Bonchev–Trinajstić information content (AvgIpc) is 1.49. The smallest absolute Gasteiger partial charge is 0.423 e. The molecule has 2 spiro atoms. The van der Waals surface area contributed by atoms with Crippen LogP contribution in [0, 0.1) is 0 Å². The molecule has 2 amide bonds. The van der Waals surface area contributed by atoms with Gasteiger partial charge in [0.1, 0.15) is 33.8 Å². The minimum Gasteiger partial charge on any atom is -0.423 e. The highest BCUT2D eigenvalue weighted by molar-refractivity contribution is 9.10. The molecule has 2 saturated carbocycles. The second-order valence-corrected chi connectivity index (χ2v) is 28.7. The Morgan fingerprint density at radius 2 is 0.722 bits per heavy atom. The van der Waals surface area contributed by atoms with Crippen LogP contribution >= 0.6 is 15.9 Å². The molecule has 10 aromatic carbocycles. The molecule has 12 aromatic rings. The fourth-order valence-electron chi connectivity index (χ4n) is 16.0. The van der Waals surface area contributed by atoms with E-state index < -0.39 is 29.3 Å². The molecular formula is C90H94BBrN12O4. The maximum absolute atomic E-state index is 13.8. The molecule has 2 aromatic heterocycles. The largest absolute Gasteiger partial charge is 0.489 e. The van der Waals surface area contributed by atoms with Crippen LogP contribution in [0.5, 0.6) is 0 Å². The lowest BCUT2D eigenvalue weighted by atomic mass is 9.75. The number of aliphatic imine (C=N–C) groups is 2. The number of aromatic nitrogens is 8. The highest BCUT2D eigenvalue weighted by Gasteiger charge is 2.51. The van der Waals surface area contributed by atoms with E-state index in [4.69, 9.17) is 20.3 Å². The Morgan fingerprint density at radius 3 is 1.07 bits per heavy atom. The quantitative estimate of drug-likeness (QED) is 0.0487. The first-order valence-electron chi connectivity index (χ1n) is 37.1. The van der Waals surface area contributed by atoms with Crippen molar-refractivity contribution in [1.82, 2.24) is 50.2 Å². The summed E-state index contributed by atoms with van der Waals surface area (Å²) < 4.78 is 4.82. The molecule has 4 aliphatic rings. The molecular weight excluding hydrogens is 1400 g/mol. The first kappa shape index (κ1) is 76.7. The third kappa shape index (κ3) is 15.2. The Hall–Kier alpha value is -10.9. The van der Waals surface area contributed by atoms with Crippen LogP contribution in [0.15, 0.2) is 294 Å². The zero-order chi connectivity index (χ0) is 72.9. The first-order chi connectivity index (χ1) is 52.0. The van der Waals surface area contributed by atoms with Crippen LogP contribution in [-0.4, -0.2) is 102 Å². The normalized spacial score (nSPS) is 14.8. The summed E-state index contributed by atoms with van der Waals surface area (Å²) >= 11 is 3.46. The lowest BCUT2D eigenvalue weighted by Crippen LogP contribution is -2.40. The van der Waals surface area contributed by atoms with Crippen LogP contribution in [0.2, 0.25) is 0 Å². The summed E-state index contributed by atoms with van der Waals surface area (Å²) in [6, 6.07) is 93.7. The van der Waals surface area contributed by atoms with E-state index >= 15 is 0 Å². The number of benzene rings is 10. The van der Waals surface area contributed by atoms with Gasteiger partial charge in [-0.05, 0) is 133 Å². The molecule has 18 heteroatoms. The summed E-state index contributed by atoms with van der Waals surface area (Å²) in [5.74, 6) is 3.48. The highest BCUT2D eigenvalue weighted by Crippen LogP contribution is 2.47. The van der Waals surface area contributed by atoms with Gasteiger partial charge >= 0.3 is 7.12 Å². The molecule has 2 fully saturated rings. The van der Waals surface area contributed by atoms with Gasteiger partial charge in [-0.25, -0.2) is 9.36 Å². The second-order valence-electron chi connectivity index (χ2n) is 27.8. The fourth-order valence-corrected chi connectivity index (χ4v) is 16.2. The number of halogens is 1. The highest BCUT2D eigenvalue weighted by atomic mass is 79.9. The topological polar surface area (TPSA) is 193 Å². The van der Waals surface area contributed by atoms with E-state index in [0.29, 0.717) is 35.8 Å². The van der Waals surface area contributed by atoms with Crippen molar-refractivity contribution >= 4 is 52.0 Å². The number of hydrogen-bond acceptors (Lipinski definition) is 12. The first-order valence-corrected chi connectivity index (χ1v) is 37.9. The Balaban J connectivity index is 0.000000164. The van der Waals surface area contributed by atoms with E-state index in [-0.39, 0.29) is 26.7 Å². The molecule has 2 aliphatic heterocycles. The molecule has 16 nitrogen and oxygen atoms in total. The molecule has 108 heavy (non-hydrogen) atoms. The van der Waals surface area contributed by atoms with Gasteiger partial charge in [0, 0.05) is 28.4 Å². The molecule has 0 saturated heterocycles. The summed E-state index contributed by atoms with van der Waals surface area (Å²) in [5.41, 5.74) is 9.49. The Morgan fingerprint density at radius 1 is 0.407 bits per heavy atom. The molecule has 4 heterocycles. The van der Waals surface area contributed by atoms with Crippen LogP contribution in [0.25, 0.3) is 33.9 Å².